The molecule has 118 valence electrons. The molecule has 0 bridgehead atoms. The summed E-state index contributed by atoms with van der Waals surface area (Å²) < 4.78 is 1.01. The molecule has 1 heterocycles. The van der Waals surface area contributed by atoms with E-state index in [1.807, 2.05) is 31.2 Å². The molecule has 0 radical (unpaired) electrons. The van der Waals surface area contributed by atoms with E-state index >= 15 is 0 Å². The Hall–Kier alpha value is -1.27. The van der Waals surface area contributed by atoms with Crippen LogP contribution in [-0.2, 0) is 4.79 Å². The third-order valence-electron chi connectivity index (χ3n) is 3.10. The van der Waals surface area contributed by atoms with Gasteiger partial charge in [-0.1, -0.05) is 34.5 Å². The highest BCUT2D eigenvalue weighted by atomic mass is 35.5. The van der Waals surface area contributed by atoms with Gasteiger partial charge in [0.2, 0.25) is 5.91 Å². The highest BCUT2D eigenvalue weighted by Gasteiger charge is 2.10. The molecule has 3 nitrogen and oxygen atoms in total. The van der Waals surface area contributed by atoms with E-state index < -0.39 is 0 Å². The molecule has 1 amide bonds. The van der Waals surface area contributed by atoms with Crippen LogP contribution in [0.4, 0.5) is 5.13 Å². The van der Waals surface area contributed by atoms with Gasteiger partial charge in [-0.25, -0.2) is 4.98 Å². The van der Waals surface area contributed by atoms with Gasteiger partial charge in [-0.15, -0.1) is 11.8 Å². The SMILES string of the molecule is Cc1cc2sc(NC(=O)CSc3ccc(Cl)cc3)nc2cc1Cl. The maximum absolute atomic E-state index is 12.0. The Kier molecular flexibility index (Phi) is 5.11. The third kappa shape index (κ3) is 4.18. The van der Waals surface area contributed by atoms with Crippen molar-refractivity contribution in [2.45, 2.75) is 11.8 Å². The van der Waals surface area contributed by atoms with E-state index in [2.05, 4.69) is 10.3 Å². The Morgan fingerprint density at radius 2 is 2.00 bits per heavy atom. The lowest BCUT2D eigenvalue weighted by molar-refractivity contribution is -0.113. The van der Waals surface area contributed by atoms with Crippen LogP contribution in [0.2, 0.25) is 10.0 Å². The van der Waals surface area contributed by atoms with Crippen LogP contribution in [-0.4, -0.2) is 16.6 Å². The van der Waals surface area contributed by atoms with E-state index in [1.165, 1.54) is 23.1 Å². The molecule has 2 aromatic carbocycles. The number of hydrogen-bond acceptors (Lipinski definition) is 4. The van der Waals surface area contributed by atoms with Gasteiger partial charge in [0.25, 0.3) is 0 Å². The van der Waals surface area contributed by atoms with Gasteiger partial charge >= 0.3 is 0 Å². The average Bonchev–Trinajstić information content (AvgIpc) is 2.88. The number of fused-ring (bicyclic) bond motifs is 1. The number of halogens is 2. The summed E-state index contributed by atoms with van der Waals surface area (Å²) in [6.07, 6.45) is 0. The number of anilines is 1. The molecule has 1 N–H and O–H groups in total. The van der Waals surface area contributed by atoms with Gasteiger partial charge in [0, 0.05) is 14.9 Å². The van der Waals surface area contributed by atoms with Crippen LogP contribution in [0.5, 0.6) is 0 Å². The largest absolute Gasteiger partial charge is 0.301 e. The summed E-state index contributed by atoms with van der Waals surface area (Å²) in [7, 11) is 0. The van der Waals surface area contributed by atoms with E-state index in [0.717, 1.165) is 20.7 Å². The minimum atomic E-state index is -0.0909. The number of amides is 1. The van der Waals surface area contributed by atoms with Crippen LogP contribution in [0.3, 0.4) is 0 Å². The van der Waals surface area contributed by atoms with E-state index in [9.17, 15) is 4.79 Å². The predicted octanol–water partition coefficient (Wildman–Crippen LogP) is 5.64. The molecular weight excluding hydrogens is 371 g/mol. The number of rotatable bonds is 4. The molecule has 7 heteroatoms. The fraction of sp³-hybridized carbons (Fsp3) is 0.125. The highest BCUT2D eigenvalue weighted by Crippen LogP contribution is 2.30. The average molecular weight is 383 g/mol. The number of aryl methyl sites for hydroxylation is 1. The zero-order valence-corrected chi connectivity index (χ0v) is 15.2. The van der Waals surface area contributed by atoms with E-state index in [4.69, 9.17) is 23.2 Å². The Morgan fingerprint density at radius 3 is 2.74 bits per heavy atom. The van der Waals surface area contributed by atoms with Crippen LogP contribution in [0.25, 0.3) is 10.2 Å². The Labute approximate surface area is 152 Å². The molecule has 0 saturated heterocycles. The van der Waals surface area contributed by atoms with Gasteiger partial charge in [0.1, 0.15) is 0 Å². The normalized spacial score (nSPS) is 10.9. The quantitative estimate of drug-likeness (QED) is 0.593. The van der Waals surface area contributed by atoms with Crippen LogP contribution in [0, 0.1) is 6.92 Å². The number of hydrogen-bond donors (Lipinski definition) is 1. The van der Waals surface area contributed by atoms with Crippen LogP contribution >= 0.6 is 46.3 Å². The summed E-state index contributed by atoms with van der Waals surface area (Å²) in [5.74, 6) is 0.226. The molecule has 0 fully saturated rings. The van der Waals surface area contributed by atoms with Crippen molar-refractivity contribution in [3.05, 3.63) is 52.0 Å². The second-order valence-corrected chi connectivity index (χ2v) is 7.80. The van der Waals surface area contributed by atoms with Crippen molar-refractivity contribution in [2.75, 3.05) is 11.1 Å². The number of carbonyl (C=O) groups excluding carboxylic acids is 1. The first kappa shape index (κ1) is 16.6. The lowest BCUT2D eigenvalue weighted by atomic mass is 10.2. The number of benzene rings is 2. The molecule has 0 saturated carbocycles. The van der Waals surface area contributed by atoms with Gasteiger partial charge in [-0.2, -0.15) is 0 Å². The predicted molar refractivity (Wildman–Crippen MR) is 100 cm³/mol. The molecule has 0 spiro atoms. The first-order valence-corrected chi connectivity index (χ1v) is 9.32. The van der Waals surface area contributed by atoms with Crippen LogP contribution in [0.1, 0.15) is 5.56 Å². The molecule has 3 aromatic rings. The molecule has 3 rings (SSSR count). The van der Waals surface area contributed by atoms with Gasteiger partial charge in [0.05, 0.1) is 16.0 Å². The third-order valence-corrected chi connectivity index (χ3v) is 5.70. The van der Waals surface area contributed by atoms with Gasteiger partial charge < -0.3 is 5.32 Å². The Morgan fingerprint density at radius 1 is 1.26 bits per heavy atom. The van der Waals surface area contributed by atoms with Crippen LogP contribution < -0.4 is 5.32 Å². The molecule has 23 heavy (non-hydrogen) atoms. The van der Waals surface area contributed by atoms with E-state index in [-0.39, 0.29) is 5.91 Å². The fourth-order valence-electron chi connectivity index (χ4n) is 1.94. The zero-order valence-electron chi connectivity index (χ0n) is 12.1. The second-order valence-electron chi connectivity index (χ2n) is 4.88. The minimum absolute atomic E-state index is 0.0909. The van der Waals surface area contributed by atoms with Crippen molar-refractivity contribution >= 4 is 67.6 Å². The molecular formula is C16H12Cl2N2OS2. The number of nitrogens with zero attached hydrogens (tertiary/aromatic N) is 1. The Bertz CT molecular complexity index is 823. The van der Waals surface area contributed by atoms with E-state index in [0.29, 0.717) is 20.9 Å². The molecule has 0 atom stereocenters. The van der Waals surface area contributed by atoms with Crippen molar-refractivity contribution in [3.63, 3.8) is 0 Å². The molecule has 1 aromatic heterocycles. The number of carbonyl (C=O) groups is 1. The number of thioether (sulfide) groups is 1. The summed E-state index contributed by atoms with van der Waals surface area (Å²) in [6.45, 7) is 1.95. The van der Waals surface area contributed by atoms with Gasteiger partial charge in [0.15, 0.2) is 5.13 Å². The highest BCUT2D eigenvalue weighted by molar-refractivity contribution is 8.00. The summed E-state index contributed by atoms with van der Waals surface area (Å²) in [5, 5.41) is 4.78. The second kappa shape index (κ2) is 7.09. The van der Waals surface area contributed by atoms with Gasteiger partial charge in [-0.05, 0) is 48.9 Å². The van der Waals surface area contributed by atoms with Crippen molar-refractivity contribution in [1.29, 1.82) is 0 Å². The van der Waals surface area contributed by atoms with Crippen LogP contribution in [0.15, 0.2) is 41.3 Å². The smallest absolute Gasteiger partial charge is 0.236 e. The van der Waals surface area contributed by atoms with Gasteiger partial charge in [-0.3, -0.25) is 4.79 Å². The summed E-state index contributed by atoms with van der Waals surface area (Å²) in [4.78, 5) is 17.4. The lowest BCUT2D eigenvalue weighted by Gasteiger charge is -2.02. The zero-order chi connectivity index (χ0) is 16.4. The van der Waals surface area contributed by atoms with Crippen molar-refractivity contribution in [2.24, 2.45) is 0 Å². The summed E-state index contributed by atoms with van der Waals surface area (Å²) in [5.41, 5.74) is 1.80. The van der Waals surface area contributed by atoms with E-state index in [1.54, 1.807) is 12.1 Å². The van der Waals surface area contributed by atoms with Crippen molar-refractivity contribution in [3.8, 4) is 0 Å². The topological polar surface area (TPSA) is 42.0 Å². The monoisotopic (exact) mass is 382 g/mol. The number of nitrogens with one attached hydrogen (secondary N) is 1. The molecule has 0 unspecified atom stereocenters. The summed E-state index contributed by atoms with van der Waals surface area (Å²) in [6, 6.07) is 11.2. The lowest BCUT2D eigenvalue weighted by Crippen LogP contribution is -2.13. The molecule has 0 aliphatic carbocycles. The maximum Gasteiger partial charge on any atom is 0.236 e. The van der Waals surface area contributed by atoms with Crippen molar-refractivity contribution < 1.29 is 4.79 Å². The number of thiazole rings is 1. The number of aromatic nitrogens is 1. The molecule has 0 aliphatic heterocycles. The first-order chi connectivity index (χ1) is 11.0. The Balaban J connectivity index is 1.64. The standard InChI is InChI=1S/C16H12Cl2N2OS2/c1-9-6-14-13(7-12(9)18)19-16(23-14)20-15(21)8-22-11-4-2-10(17)3-5-11/h2-7H,8H2,1H3,(H,19,20,21). The summed E-state index contributed by atoms with van der Waals surface area (Å²) >= 11 is 14.8. The minimum Gasteiger partial charge on any atom is -0.301 e. The maximum atomic E-state index is 12.0. The fourth-order valence-corrected chi connectivity index (χ4v) is 3.88. The molecule has 0 aliphatic rings. The van der Waals surface area contributed by atoms with Crippen molar-refractivity contribution in [1.82, 2.24) is 4.98 Å². The first-order valence-electron chi connectivity index (χ1n) is 6.76.